The Morgan fingerprint density at radius 2 is 2.18 bits per heavy atom. The van der Waals surface area contributed by atoms with Crippen molar-refractivity contribution in [3.63, 3.8) is 0 Å². The summed E-state index contributed by atoms with van der Waals surface area (Å²) in [6.45, 7) is 4.88. The van der Waals surface area contributed by atoms with Gasteiger partial charge in [0.1, 0.15) is 5.82 Å². The summed E-state index contributed by atoms with van der Waals surface area (Å²) < 4.78 is 0. The van der Waals surface area contributed by atoms with Crippen molar-refractivity contribution in [3.05, 3.63) is 42.4 Å². The van der Waals surface area contributed by atoms with Crippen molar-refractivity contribution in [1.29, 1.82) is 0 Å². The van der Waals surface area contributed by atoms with E-state index in [4.69, 9.17) is 0 Å². The summed E-state index contributed by atoms with van der Waals surface area (Å²) >= 11 is 0. The summed E-state index contributed by atoms with van der Waals surface area (Å²) in [6, 6.07) is 10.3. The van der Waals surface area contributed by atoms with Crippen molar-refractivity contribution in [2.45, 2.75) is 38.2 Å². The predicted octanol–water partition coefficient (Wildman–Crippen LogP) is 3.03. The minimum absolute atomic E-state index is 0.213. The highest BCUT2D eigenvalue weighted by atomic mass is 16.3. The van der Waals surface area contributed by atoms with Gasteiger partial charge in [-0.05, 0) is 31.4 Å². The van der Waals surface area contributed by atoms with Gasteiger partial charge in [-0.2, -0.15) is 0 Å². The molecule has 2 aromatic rings. The van der Waals surface area contributed by atoms with E-state index in [-0.39, 0.29) is 6.10 Å². The van der Waals surface area contributed by atoms with Crippen LogP contribution in [0.2, 0.25) is 0 Å². The van der Waals surface area contributed by atoms with E-state index >= 15 is 0 Å². The monoisotopic (exact) mass is 299 g/mol. The standard InChI is InChI=1S/C18H25N3O/c1-2-16(22)13-21-10-6-9-15(12-21)18-19-11-17(20-18)14-7-4-3-5-8-14/h3-5,7-8,11,15-16,22H,2,6,9-10,12-13H2,1H3,(H,19,20)/t15-,16+/m0/s1. The van der Waals surface area contributed by atoms with E-state index in [1.54, 1.807) is 0 Å². The zero-order chi connectivity index (χ0) is 15.4. The minimum atomic E-state index is -0.213. The van der Waals surface area contributed by atoms with Crippen LogP contribution in [0.15, 0.2) is 36.5 Å². The maximum atomic E-state index is 9.85. The van der Waals surface area contributed by atoms with Crippen molar-refractivity contribution in [2.24, 2.45) is 0 Å². The lowest BCUT2D eigenvalue weighted by Gasteiger charge is -2.32. The number of piperidine rings is 1. The summed E-state index contributed by atoms with van der Waals surface area (Å²) in [7, 11) is 0. The molecule has 0 unspecified atom stereocenters. The summed E-state index contributed by atoms with van der Waals surface area (Å²) in [6.07, 6.45) is 4.88. The van der Waals surface area contributed by atoms with Crippen LogP contribution in [0.5, 0.6) is 0 Å². The average Bonchev–Trinajstić information content (AvgIpc) is 3.06. The average molecular weight is 299 g/mol. The molecule has 1 saturated heterocycles. The van der Waals surface area contributed by atoms with Gasteiger partial charge in [0.25, 0.3) is 0 Å². The largest absolute Gasteiger partial charge is 0.392 e. The number of nitrogens with one attached hydrogen (secondary N) is 1. The Morgan fingerprint density at radius 3 is 2.95 bits per heavy atom. The van der Waals surface area contributed by atoms with E-state index in [9.17, 15) is 5.11 Å². The zero-order valence-corrected chi connectivity index (χ0v) is 13.2. The Bertz CT molecular complexity index is 581. The van der Waals surface area contributed by atoms with Crippen LogP contribution < -0.4 is 0 Å². The molecule has 2 heterocycles. The van der Waals surface area contributed by atoms with Gasteiger partial charge in [0, 0.05) is 19.0 Å². The third kappa shape index (κ3) is 3.57. The number of likely N-dealkylation sites (tertiary alicyclic amines) is 1. The molecule has 0 radical (unpaired) electrons. The van der Waals surface area contributed by atoms with E-state index in [2.05, 4.69) is 27.0 Å². The maximum Gasteiger partial charge on any atom is 0.110 e. The van der Waals surface area contributed by atoms with E-state index in [0.717, 1.165) is 37.6 Å². The number of benzene rings is 1. The van der Waals surface area contributed by atoms with Gasteiger partial charge in [0.15, 0.2) is 0 Å². The minimum Gasteiger partial charge on any atom is -0.392 e. The van der Waals surface area contributed by atoms with Gasteiger partial charge in [-0.25, -0.2) is 4.98 Å². The van der Waals surface area contributed by atoms with Crippen LogP contribution in [0.1, 0.15) is 37.9 Å². The molecule has 4 nitrogen and oxygen atoms in total. The molecule has 0 bridgehead atoms. The van der Waals surface area contributed by atoms with Crippen LogP contribution in [0.4, 0.5) is 0 Å². The number of aliphatic hydroxyl groups excluding tert-OH is 1. The second kappa shape index (κ2) is 7.07. The predicted molar refractivity (Wildman–Crippen MR) is 88.7 cm³/mol. The first kappa shape index (κ1) is 15.3. The molecule has 0 saturated carbocycles. The first-order chi connectivity index (χ1) is 10.8. The van der Waals surface area contributed by atoms with Gasteiger partial charge >= 0.3 is 0 Å². The number of imidazole rings is 1. The molecule has 4 heteroatoms. The quantitative estimate of drug-likeness (QED) is 0.892. The number of nitrogens with zero attached hydrogens (tertiary/aromatic N) is 2. The van der Waals surface area contributed by atoms with Gasteiger partial charge < -0.3 is 15.0 Å². The third-order valence-corrected chi connectivity index (χ3v) is 4.51. The van der Waals surface area contributed by atoms with Crippen molar-refractivity contribution in [1.82, 2.24) is 14.9 Å². The summed E-state index contributed by atoms with van der Waals surface area (Å²) in [4.78, 5) is 10.5. The SMILES string of the molecule is CC[C@@H](O)CN1CCC[C@H](c2ncc(-c3ccccc3)[nH]2)C1. The van der Waals surface area contributed by atoms with E-state index in [0.29, 0.717) is 5.92 Å². The summed E-state index contributed by atoms with van der Waals surface area (Å²) in [5.74, 6) is 1.52. The molecule has 1 fully saturated rings. The van der Waals surface area contributed by atoms with Gasteiger partial charge in [-0.3, -0.25) is 0 Å². The molecule has 22 heavy (non-hydrogen) atoms. The summed E-state index contributed by atoms with van der Waals surface area (Å²) in [5, 5.41) is 9.85. The molecule has 2 N–H and O–H groups in total. The molecule has 1 aromatic heterocycles. The number of rotatable bonds is 5. The second-order valence-electron chi connectivity index (χ2n) is 6.21. The Hall–Kier alpha value is -1.65. The topological polar surface area (TPSA) is 52.1 Å². The molecule has 1 aromatic carbocycles. The normalized spacial score (nSPS) is 20.9. The molecule has 3 rings (SSSR count). The van der Waals surface area contributed by atoms with Gasteiger partial charge in [0.2, 0.25) is 0 Å². The van der Waals surface area contributed by atoms with Crippen LogP contribution in [-0.2, 0) is 0 Å². The Morgan fingerprint density at radius 1 is 1.36 bits per heavy atom. The Labute approximate surface area is 132 Å². The van der Waals surface area contributed by atoms with Crippen LogP contribution in [-0.4, -0.2) is 45.7 Å². The number of aliphatic hydroxyl groups is 1. The van der Waals surface area contributed by atoms with E-state index < -0.39 is 0 Å². The highest BCUT2D eigenvalue weighted by Gasteiger charge is 2.24. The number of aromatic nitrogens is 2. The number of β-amino-alcohol motifs (C(OH)–C–C–N with tert-alkyl or cyclic N) is 1. The highest BCUT2D eigenvalue weighted by molar-refractivity contribution is 5.58. The molecule has 1 aliphatic heterocycles. The van der Waals surface area contributed by atoms with Crippen molar-refractivity contribution in [3.8, 4) is 11.3 Å². The second-order valence-corrected chi connectivity index (χ2v) is 6.21. The highest BCUT2D eigenvalue weighted by Crippen LogP contribution is 2.27. The van der Waals surface area contributed by atoms with Crippen molar-refractivity contribution in [2.75, 3.05) is 19.6 Å². The molecule has 2 atom stereocenters. The fraction of sp³-hybridized carbons (Fsp3) is 0.500. The zero-order valence-electron chi connectivity index (χ0n) is 13.2. The molecule has 0 aliphatic carbocycles. The molecule has 1 aliphatic rings. The molecule has 0 amide bonds. The molecular formula is C18H25N3O. The van der Waals surface area contributed by atoms with Crippen molar-refractivity contribution >= 4 is 0 Å². The van der Waals surface area contributed by atoms with Crippen LogP contribution in [0, 0.1) is 0 Å². The first-order valence-corrected chi connectivity index (χ1v) is 8.27. The van der Waals surface area contributed by atoms with Gasteiger partial charge in [0.05, 0.1) is 18.0 Å². The van der Waals surface area contributed by atoms with Crippen LogP contribution in [0.3, 0.4) is 0 Å². The first-order valence-electron chi connectivity index (χ1n) is 8.27. The lowest BCUT2D eigenvalue weighted by atomic mass is 9.97. The summed E-state index contributed by atoms with van der Waals surface area (Å²) in [5.41, 5.74) is 2.26. The van der Waals surface area contributed by atoms with Crippen LogP contribution >= 0.6 is 0 Å². The Balaban J connectivity index is 1.68. The lowest BCUT2D eigenvalue weighted by Crippen LogP contribution is -2.39. The maximum absolute atomic E-state index is 9.85. The van der Waals surface area contributed by atoms with E-state index in [1.807, 2.05) is 31.3 Å². The lowest BCUT2D eigenvalue weighted by molar-refractivity contribution is 0.0919. The number of H-pyrrole nitrogens is 1. The van der Waals surface area contributed by atoms with Crippen LogP contribution in [0.25, 0.3) is 11.3 Å². The van der Waals surface area contributed by atoms with E-state index in [1.165, 1.54) is 18.4 Å². The Kier molecular flexibility index (Phi) is 4.90. The fourth-order valence-corrected chi connectivity index (χ4v) is 3.18. The fourth-order valence-electron chi connectivity index (χ4n) is 3.18. The molecule has 0 spiro atoms. The molecule has 118 valence electrons. The number of hydrogen-bond acceptors (Lipinski definition) is 3. The third-order valence-electron chi connectivity index (χ3n) is 4.51. The molecular weight excluding hydrogens is 274 g/mol. The van der Waals surface area contributed by atoms with Gasteiger partial charge in [-0.1, -0.05) is 37.3 Å². The van der Waals surface area contributed by atoms with Gasteiger partial charge in [-0.15, -0.1) is 0 Å². The smallest absolute Gasteiger partial charge is 0.110 e. The van der Waals surface area contributed by atoms with Crippen molar-refractivity contribution < 1.29 is 5.11 Å². The number of hydrogen-bond donors (Lipinski definition) is 2. The number of aromatic amines is 1.